The van der Waals surface area contributed by atoms with Crippen LogP contribution in [0.15, 0.2) is 42.5 Å². The smallest absolute Gasteiger partial charge is 0.330 e. The molecule has 1 fully saturated rings. The van der Waals surface area contributed by atoms with E-state index >= 15 is 0 Å². The molecule has 2 unspecified atom stereocenters. The Labute approximate surface area is 117 Å². The van der Waals surface area contributed by atoms with Crippen molar-refractivity contribution in [2.24, 2.45) is 0 Å². The van der Waals surface area contributed by atoms with Crippen molar-refractivity contribution >= 4 is 5.97 Å². The number of fused-ring (bicyclic) bond motifs is 1. The van der Waals surface area contributed by atoms with Crippen LogP contribution in [0, 0.1) is 0 Å². The third kappa shape index (κ3) is 2.47. The largest absolute Gasteiger partial charge is 0.453 e. The highest BCUT2D eigenvalue weighted by Crippen LogP contribution is 2.38. The Kier molecular flexibility index (Phi) is 3.82. The van der Waals surface area contributed by atoms with Crippen molar-refractivity contribution in [3.8, 4) is 0 Å². The van der Waals surface area contributed by atoms with Crippen molar-refractivity contribution in [2.45, 2.75) is 24.4 Å². The number of rotatable bonds is 4. The fourth-order valence-electron chi connectivity index (χ4n) is 2.56. The van der Waals surface area contributed by atoms with Gasteiger partial charge in [0.1, 0.15) is 25.1 Å². The Morgan fingerprint density at radius 3 is 2.80 bits per heavy atom. The standard InChI is InChI=1S/C15H16O5/c1-17-9-18-15-13(10-5-3-2-4-6-10)19-11-7-8-12(16)20-14(11)15/h2-8,11,13-15H,9H2,1H3/t11?,13-,14?,15-/m1/s1. The molecule has 0 saturated carbocycles. The van der Waals surface area contributed by atoms with Gasteiger partial charge in [-0.2, -0.15) is 0 Å². The molecule has 0 bridgehead atoms. The van der Waals surface area contributed by atoms with Gasteiger partial charge in [-0.3, -0.25) is 0 Å². The Hall–Kier alpha value is -1.69. The number of carbonyl (C=O) groups excluding carboxylic acids is 1. The van der Waals surface area contributed by atoms with Crippen molar-refractivity contribution < 1.29 is 23.7 Å². The van der Waals surface area contributed by atoms with E-state index in [-0.39, 0.29) is 31.1 Å². The van der Waals surface area contributed by atoms with Crippen LogP contribution in [-0.4, -0.2) is 38.2 Å². The number of methoxy groups -OCH3 is 1. The summed E-state index contributed by atoms with van der Waals surface area (Å²) in [6, 6.07) is 9.76. The molecule has 0 spiro atoms. The molecule has 0 amide bonds. The summed E-state index contributed by atoms with van der Waals surface area (Å²) in [5, 5.41) is 0. The normalized spacial score (nSPS) is 31.9. The van der Waals surface area contributed by atoms with E-state index in [1.54, 1.807) is 13.2 Å². The molecule has 2 heterocycles. The zero-order valence-electron chi connectivity index (χ0n) is 11.1. The van der Waals surface area contributed by atoms with Gasteiger partial charge in [0.2, 0.25) is 0 Å². The number of benzene rings is 1. The van der Waals surface area contributed by atoms with Gasteiger partial charge in [-0.25, -0.2) is 4.79 Å². The van der Waals surface area contributed by atoms with Crippen molar-refractivity contribution in [1.29, 1.82) is 0 Å². The maximum atomic E-state index is 11.4. The molecule has 2 aliphatic heterocycles. The second-order valence-corrected chi connectivity index (χ2v) is 4.73. The highest BCUT2D eigenvalue weighted by atomic mass is 16.7. The van der Waals surface area contributed by atoms with Gasteiger partial charge in [0, 0.05) is 13.2 Å². The van der Waals surface area contributed by atoms with E-state index in [9.17, 15) is 4.79 Å². The maximum Gasteiger partial charge on any atom is 0.330 e. The molecule has 4 atom stereocenters. The number of hydrogen-bond donors (Lipinski definition) is 0. The van der Waals surface area contributed by atoms with Gasteiger partial charge in [-0.15, -0.1) is 0 Å². The molecule has 5 nitrogen and oxygen atoms in total. The van der Waals surface area contributed by atoms with Gasteiger partial charge in [-0.05, 0) is 11.6 Å². The molecule has 5 heteroatoms. The molecule has 1 saturated heterocycles. The average molecular weight is 276 g/mol. The summed E-state index contributed by atoms with van der Waals surface area (Å²) in [7, 11) is 1.55. The minimum atomic E-state index is -0.437. The molecule has 1 aromatic carbocycles. The molecular formula is C15H16O5. The third-order valence-corrected chi connectivity index (χ3v) is 3.43. The minimum Gasteiger partial charge on any atom is -0.453 e. The summed E-state index contributed by atoms with van der Waals surface area (Å²) in [6.07, 6.45) is 1.74. The van der Waals surface area contributed by atoms with Crippen LogP contribution in [0.3, 0.4) is 0 Å². The first-order chi connectivity index (χ1) is 9.79. The molecule has 0 aliphatic carbocycles. The lowest BCUT2D eigenvalue weighted by Crippen LogP contribution is -2.39. The van der Waals surface area contributed by atoms with Gasteiger partial charge in [0.15, 0.2) is 6.10 Å². The lowest BCUT2D eigenvalue weighted by molar-refractivity contribution is -0.158. The van der Waals surface area contributed by atoms with Crippen molar-refractivity contribution in [2.75, 3.05) is 13.9 Å². The lowest BCUT2D eigenvalue weighted by atomic mass is 10.0. The van der Waals surface area contributed by atoms with E-state index in [0.29, 0.717) is 0 Å². The highest BCUT2D eigenvalue weighted by Gasteiger charge is 2.48. The Morgan fingerprint density at radius 1 is 1.25 bits per heavy atom. The SMILES string of the molecule is COCO[C@H]1C2OC(=O)C=CC2O[C@@H]1c1ccccc1. The van der Waals surface area contributed by atoms with Gasteiger partial charge in [-0.1, -0.05) is 30.3 Å². The summed E-state index contributed by atoms with van der Waals surface area (Å²) < 4.78 is 21.9. The first-order valence-corrected chi connectivity index (χ1v) is 6.49. The van der Waals surface area contributed by atoms with Crippen LogP contribution in [0.2, 0.25) is 0 Å². The molecule has 3 rings (SSSR count). The number of hydrogen-bond acceptors (Lipinski definition) is 5. The first kappa shape index (κ1) is 13.3. The van der Waals surface area contributed by atoms with Crippen LogP contribution in [0.4, 0.5) is 0 Å². The van der Waals surface area contributed by atoms with Crippen LogP contribution in [0.1, 0.15) is 11.7 Å². The number of carbonyl (C=O) groups is 1. The van der Waals surface area contributed by atoms with Crippen LogP contribution in [-0.2, 0) is 23.7 Å². The van der Waals surface area contributed by atoms with Crippen LogP contribution < -0.4 is 0 Å². The third-order valence-electron chi connectivity index (χ3n) is 3.43. The molecular weight excluding hydrogens is 260 g/mol. The molecule has 2 aliphatic rings. The van der Waals surface area contributed by atoms with Crippen molar-refractivity contribution in [3.63, 3.8) is 0 Å². The van der Waals surface area contributed by atoms with Crippen molar-refractivity contribution in [3.05, 3.63) is 48.0 Å². The van der Waals surface area contributed by atoms with Gasteiger partial charge in [0.05, 0.1) is 0 Å². The molecule has 1 aromatic rings. The fraction of sp³-hybridized carbons (Fsp3) is 0.400. The summed E-state index contributed by atoms with van der Waals surface area (Å²) in [6.45, 7) is 0.127. The number of esters is 1. The van der Waals surface area contributed by atoms with Crippen LogP contribution in [0.5, 0.6) is 0 Å². The topological polar surface area (TPSA) is 54.0 Å². The quantitative estimate of drug-likeness (QED) is 0.617. The maximum absolute atomic E-state index is 11.4. The second-order valence-electron chi connectivity index (χ2n) is 4.73. The van der Waals surface area contributed by atoms with E-state index in [1.165, 1.54) is 6.08 Å². The minimum absolute atomic E-state index is 0.127. The highest BCUT2D eigenvalue weighted by molar-refractivity contribution is 5.83. The zero-order valence-corrected chi connectivity index (χ0v) is 11.1. The lowest BCUT2D eigenvalue weighted by Gasteiger charge is -2.24. The van der Waals surface area contributed by atoms with Gasteiger partial charge < -0.3 is 18.9 Å². The van der Waals surface area contributed by atoms with Gasteiger partial charge in [0.25, 0.3) is 0 Å². The molecule has 0 N–H and O–H groups in total. The summed E-state index contributed by atoms with van der Waals surface area (Å²) >= 11 is 0. The fourth-order valence-corrected chi connectivity index (χ4v) is 2.56. The van der Waals surface area contributed by atoms with E-state index in [1.807, 2.05) is 30.3 Å². The second kappa shape index (κ2) is 5.75. The van der Waals surface area contributed by atoms with Gasteiger partial charge >= 0.3 is 5.97 Å². The van der Waals surface area contributed by atoms with E-state index in [0.717, 1.165) is 5.56 Å². The Bertz CT molecular complexity index is 498. The predicted molar refractivity (Wildman–Crippen MR) is 69.8 cm³/mol. The first-order valence-electron chi connectivity index (χ1n) is 6.49. The average Bonchev–Trinajstić information content (AvgIpc) is 2.84. The van der Waals surface area contributed by atoms with Crippen molar-refractivity contribution in [1.82, 2.24) is 0 Å². The molecule has 0 radical (unpaired) electrons. The Balaban J connectivity index is 1.86. The molecule has 0 aromatic heterocycles. The van der Waals surface area contributed by atoms with Crippen LogP contribution >= 0.6 is 0 Å². The monoisotopic (exact) mass is 276 g/mol. The predicted octanol–water partition coefficient (Wildman–Crippen LogP) is 1.60. The molecule has 20 heavy (non-hydrogen) atoms. The van der Waals surface area contributed by atoms with E-state index in [4.69, 9.17) is 18.9 Å². The van der Waals surface area contributed by atoms with E-state index < -0.39 is 6.10 Å². The number of ether oxygens (including phenoxy) is 4. The van der Waals surface area contributed by atoms with E-state index in [2.05, 4.69) is 0 Å². The summed E-state index contributed by atoms with van der Waals surface area (Å²) in [5.41, 5.74) is 0.993. The van der Waals surface area contributed by atoms with Crippen LogP contribution in [0.25, 0.3) is 0 Å². The molecule has 106 valence electrons. The summed E-state index contributed by atoms with van der Waals surface area (Å²) in [4.78, 5) is 11.4. The zero-order chi connectivity index (χ0) is 13.9. The summed E-state index contributed by atoms with van der Waals surface area (Å²) in [5.74, 6) is -0.366. The Morgan fingerprint density at radius 2 is 2.05 bits per heavy atom.